The van der Waals surface area contributed by atoms with Gasteiger partial charge in [0, 0.05) is 22.8 Å². The molecule has 1 atom stereocenters. The van der Waals surface area contributed by atoms with E-state index in [1.807, 2.05) is 23.9 Å². The Kier molecular flexibility index (Phi) is 7.50. The molecule has 0 bridgehead atoms. The SMILES string of the molecule is Cc1cc(C)n(-c2[c-]c(-n3c4[c-]c(C5(c6ccccn6)C6=C(CCC=C6)C(C)(C)c6ccccc65)ccc4c4ccccc43)ccc2)n1.[Pt+2]. The summed E-state index contributed by atoms with van der Waals surface area (Å²) < 4.78 is 4.29. The Bertz CT molecular complexity index is 2460. The molecule has 7 aromatic rings. The number of fused-ring (bicyclic) bond motifs is 4. The Morgan fingerprint density at radius 3 is 2.33 bits per heavy atom. The number of nitrogens with zero attached hydrogens (tertiary/aromatic N) is 4. The second-order valence-corrected chi connectivity index (χ2v) is 13.7. The summed E-state index contributed by atoms with van der Waals surface area (Å²) in [5.74, 6) is 0. The molecular weight excluding hydrogens is 780 g/mol. The van der Waals surface area contributed by atoms with Crippen molar-refractivity contribution in [3.05, 3.63) is 179 Å². The van der Waals surface area contributed by atoms with E-state index in [1.165, 1.54) is 27.7 Å². The number of aryl methyl sites for hydroxylation is 2. The summed E-state index contributed by atoms with van der Waals surface area (Å²) in [5, 5.41) is 7.12. The van der Waals surface area contributed by atoms with Crippen LogP contribution in [-0.2, 0) is 31.9 Å². The number of pyridine rings is 1. The van der Waals surface area contributed by atoms with Crippen molar-refractivity contribution in [1.82, 2.24) is 19.3 Å². The molecule has 4 aromatic carbocycles. The van der Waals surface area contributed by atoms with Crippen LogP contribution in [0.5, 0.6) is 0 Å². The van der Waals surface area contributed by atoms with Gasteiger partial charge in [0.1, 0.15) is 0 Å². The molecule has 2 aliphatic rings. The maximum Gasteiger partial charge on any atom is 2.00 e. The molecule has 0 N–H and O–H groups in total. The molecule has 0 saturated carbocycles. The zero-order chi connectivity index (χ0) is 32.6. The largest absolute Gasteiger partial charge is 2.00 e. The summed E-state index contributed by atoms with van der Waals surface area (Å²) in [6, 6.07) is 44.8. The monoisotopic (exact) mass is 815 g/mol. The minimum absolute atomic E-state index is 0. The van der Waals surface area contributed by atoms with E-state index in [1.54, 1.807) is 0 Å². The Morgan fingerprint density at radius 1 is 0.755 bits per heavy atom. The molecule has 0 radical (unpaired) electrons. The Morgan fingerprint density at radius 2 is 1.53 bits per heavy atom. The maximum absolute atomic E-state index is 5.14. The predicted molar refractivity (Wildman–Crippen MR) is 194 cm³/mol. The van der Waals surface area contributed by atoms with Gasteiger partial charge in [0.2, 0.25) is 0 Å². The summed E-state index contributed by atoms with van der Waals surface area (Å²) in [6.07, 6.45) is 8.72. The average Bonchev–Trinajstić information content (AvgIpc) is 3.64. The van der Waals surface area contributed by atoms with Gasteiger partial charge in [0.15, 0.2) is 0 Å². The number of rotatable bonds is 4. The van der Waals surface area contributed by atoms with Gasteiger partial charge in [-0.25, -0.2) is 0 Å². The van der Waals surface area contributed by atoms with Gasteiger partial charge in [0.25, 0.3) is 0 Å². The van der Waals surface area contributed by atoms with E-state index in [0.717, 1.165) is 63.3 Å². The molecule has 0 amide bonds. The second-order valence-electron chi connectivity index (χ2n) is 13.7. The summed E-state index contributed by atoms with van der Waals surface area (Å²) in [4.78, 5) is 5.14. The van der Waals surface area contributed by atoms with Crippen LogP contribution in [0.1, 0.15) is 60.5 Å². The first-order valence-electron chi connectivity index (χ1n) is 16.8. The van der Waals surface area contributed by atoms with Gasteiger partial charge >= 0.3 is 21.1 Å². The van der Waals surface area contributed by atoms with Gasteiger partial charge in [0.05, 0.1) is 16.8 Å². The van der Waals surface area contributed by atoms with Gasteiger partial charge in [-0.05, 0) is 78.7 Å². The Balaban J connectivity index is 0.00000348. The smallest absolute Gasteiger partial charge is 0.358 e. The van der Waals surface area contributed by atoms with E-state index < -0.39 is 5.41 Å². The van der Waals surface area contributed by atoms with Crippen LogP contribution in [0.3, 0.4) is 0 Å². The first-order valence-corrected chi connectivity index (χ1v) is 16.8. The van der Waals surface area contributed by atoms with Crippen LogP contribution >= 0.6 is 0 Å². The van der Waals surface area contributed by atoms with Crippen LogP contribution in [0.4, 0.5) is 0 Å². The first kappa shape index (κ1) is 31.5. The third kappa shape index (κ3) is 4.53. The first-order chi connectivity index (χ1) is 23.4. The number of aromatic nitrogens is 4. The van der Waals surface area contributed by atoms with E-state index in [0.29, 0.717) is 0 Å². The van der Waals surface area contributed by atoms with E-state index in [4.69, 9.17) is 10.1 Å². The molecule has 9 rings (SSSR count). The normalized spacial score (nSPS) is 18.0. The third-order valence-corrected chi connectivity index (χ3v) is 10.6. The molecule has 49 heavy (non-hydrogen) atoms. The molecule has 0 saturated heterocycles. The molecule has 0 fully saturated rings. The summed E-state index contributed by atoms with van der Waals surface area (Å²) in [7, 11) is 0. The van der Waals surface area contributed by atoms with Gasteiger partial charge in [-0.1, -0.05) is 91.3 Å². The van der Waals surface area contributed by atoms with Crippen LogP contribution < -0.4 is 0 Å². The maximum atomic E-state index is 5.14. The minimum atomic E-state index is -0.635. The molecule has 0 spiro atoms. The van der Waals surface area contributed by atoms with E-state index in [2.05, 4.69) is 147 Å². The van der Waals surface area contributed by atoms with E-state index >= 15 is 0 Å². The molecule has 3 aromatic heterocycles. The second kappa shape index (κ2) is 11.7. The van der Waals surface area contributed by atoms with Crippen molar-refractivity contribution < 1.29 is 21.1 Å². The average molecular weight is 816 g/mol. The minimum Gasteiger partial charge on any atom is -0.358 e. The zero-order valence-electron chi connectivity index (χ0n) is 28.1. The van der Waals surface area contributed by atoms with Gasteiger partial charge in [-0.15, -0.1) is 29.1 Å². The van der Waals surface area contributed by atoms with Crippen LogP contribution in [0, 0.1) is 26.0 Å². The number of hydrogen-bond donors (Lipinski definition) is 0. The predicted octanol–water partition coefficient (Wildman–Crippen LogP) is 9.85. The van der Waals surface area contributed by atoms with E-state index in [-0.39, 0.29) is 26.5 Å². The Labute approximate surface area is 302 Å². The summed E-state index contributed by atoms with van der Waals surface area (Å²) >= 11 is 0. The van der Waals surface area contributed by atoms with Crippen molar-refractivity contribution in [3.63, 3.8) is 0 Å². The van der Waals surface area contributed by atoms with Gasteiger partial charge < -0.3 is 4.57 Å². The molecule has 1 unspecified atom stereocenters. The number of benzene rings is 4. The number of hydrogen-bond acceptors (Lipinski definition) is 2. The zero-order valence-corrected chi connectivity index (χ0v) is 30.3. The van der Waals surface area contributed by atoms with Gasteiger partial charge in [-0.2, -0.15) is 29.4 Å². The fraction of sp³-hybridized carbons (Fsp3) is 0.182. The fourth-order valence-electron chi connectivity index (χ4n) is 8.55. The van der Waals surface area contributed by atoms with Crippen LogP contribution in [0.15, 0.2) is 133 Å². The summed E-state index contributed by atoms with van der Waals surface area (Å²) in [5.41, 5.74) is 12.9. The van der Waals surface area contributed by atoms with Crippen LogP contribution in [0.2, 0.25) is 0 Å². The Hall–Kier alpha value is -4.79. The van der Waals surface area contributed by atoms with Crippen molar-refractivity contribution in [3.8, 4) is 11.4 Å². The molecule has 4 nitrogen and oxygen atoms in total. The summed E-state index contributed by atoms with van der Waals surface area (Å²) in [6.45, 7) is 8.89. The number of para-hydroxylation sites is 1. The van der Waals surface area contributed by atoms with Crippen molar-refractivity contribution >= 4 is 21.8 Å². The van der Waals surface area contributed by atoms with E-state index in [9.17, 15) is 0 Å². The van der Waals surface area contributed by atoms with Crippen molar-refractivity contribution in [2.45, 2.75) is 51.4 Å². The molecule has 0 aliphatic heterocycles. The molecular formula is C44H36N4Pt. The van der Waals surface area contributed by atoms with Crippen molar-refractivity contribution in [1.29, 1.82) is 0 Å². The fourth-order valence-corrected chi connectivity index (χ4v) is 8.55. The standard InChI is InChI=1S/C44H36N4.Pt/c1-29-26-30(2)48(46-29)33-15-13-14-32(28-33)47-40-21-10-5-16-34(40)35-24-23-31(27-41(35)47)44(42-22-11-12-25-45-42)38-19-8-6-17-36(38)43(3,4)37-18-7-9-20-39(37)44;/h5-6,8-17,19-26H,7,18H2,1-4H3;/q-2;+2. The quantitative estimate of drug-likeness (QED) is 0.166. The van der Waals surface area contributed by atoms with Crippen LogP contribution in [-0.4, -0.2) is 19.3 Å². The van der Waals surface area contributed by atoms with Gasteiger partial charge in [-0.3, -0.25) is 9.67 Å². The molecule has 2 aliphatic carbocycles. The molecule has 5 heteroatoms. The third-order valence-electron chi connectivity index (χ3n) is 10.6. The molecule has 242 valence electrons. The number of allylic oxidation sites excluding steroid dienone is 4. The topological polar surface area (TPSA) is 35.6 Å². The van der Waals surface area contributed by atoms with Crippen molar-refractivity contribution in [2.75, 3.05) is 0 Å². The van der Waals surface area contributed by atoms with Crippen molar-refractivity contribution in [2.24, 2.45) is 0 Å². The van der Waals surface area contributed by atoms with Crippen LogP contribution in [0.25, 0.3) is 33.2 Å². The molecule has 3 heterocycles.